The largest absolute Gasteiger partial charge is 0.477 e. The number of nitrogens with zero attached hydrogens (tertiary/aromatic N) is 1. The molecule has 1 heterocycles. The fourth-order valence-corrected chi connectivity index (χ4v) is 1.18. The second kappa shape index (κ2) is 6.86. The molecule has 2 amide bonds. The Morgan fingerprint density at radius 2 is 1.95 bits per heavy atom. The van der Waals surface area contributed by atoms with Crippen LogP contribution in [0.1, 0.15) is 16.1 Å². The normalized spacial score (nSPS) is 11.3. The number of halogens is 4. The fourth-order valence-electron chi connectivity index (χ4n) is 1.18. The van der Waals surface area contributed by atoms with E-state index < -0.39 is 30.9 Å². The van der Waals surface area contributed by atoms with E-state index in [-0.39, 0.29) is 12.2 Å². The molecular formula is C11H11F4N3O3. The van der Waals surface area contributed by atoms with Gasteiger partial charge in [-0.25, -0.2) is 23.4 Å². The van der Waals surface area contributed by atoms with Crippen molar-refractivity contribution >= 4 is 12.0 Å². The van der Waals surface area contributed by atoms with Crippen molar-refractivity contribution in [3.05, 3.63) is 29.6 Å². The van der Waals surface area contributed by atoms with E-state index in [0.29, 0.717) is 5.56 Å². The number of aromatic nitrogens is 1. The van der Waals surface area contributed by atoms with E-state index in [4.69, 9.17) is 5.11 Å². The number of rotatable bonds is 6. The zero-order valence-electron chi connectivity index (χ0n) is 10.4. The number of nitrogens with one attached hydrogen (secondary N) is 2. The van der Waals surface area contributed by atoms with Crippen LogP contribution in [0.15, 0.2) is 18.3 Å². The predicted molar refractivity (Wildman–Crippen MR) is 62.4 cm³/mol. The topological polar surface area (TPSA) is 91.3 Å². The molecule has 116 valence electrons. The van der Waals surface area contributed by atoms with Gasteiger partial charge in [0.15, 0.2) is 0 Å². The van der Waals surface area contributed by atoms with Gasteiger partial charge in [-0.3, -0.25) is 0 Å². The van der Waals surface area contributed by atoms with Crippen molar-refractivity contribution in [2.45, 2.75) is 18.9 Å². The molecule has 0 aliphatic rings. The number of hydrogen-bond acceptors (Lipinski definition) is 3. The van der Waals surface area contributed by atoms with E-state index >= 15 is 0 Å². The molecule has 10 heteroatoms. The van der Waals surface area contributed by atoms with Crippen LogP contribution in [-0.2, 0) is 6.54 Å². The van der Waals surface area contributed by atoms with Crippen LogP contribution >= 0.6 is 0 Å². The zero-order valence-corrected chi connectivity index (χ0v) is 10.4. The molecule has 0 bridgehead atoms. The van der Waals surface area contributed by atoms with E-state index in [1.54, 1.807) is 5.32 Å². The minimum atomic E-state index is -4.30. The highest BCUT2D eigenvalue weighted by molar-refractivity contribution is 5.85. The third-order valence-corrected chi connectivity index (χ3v) is 2.30. The molecule has 0 fully saturated rings. The van der Waals surface area contributed by atoms with Crippen molar-refractivity contribution in [2.24, 2.45) is 0 Å². The van der Waals surface area contributed by atoms with Gasteiger partial charge < -0.3 is 15.7 Å². The lowest BCUT2D eigenvalue weighted by Crippen LogP contribution is -2.45. The molecule has 21 heavy (non-hydrogen) atoms. The summed E-state index contributed by atoms with van der Waals surface area (Å²) in [5, 5.41) is 12.4. The van der Waals surface area contributed by atoms with E-state index in [9.17, 15) is 27.2 Å². The van der Waals surface area contributed by atoms with Gasteiger partial charge in [0, 0.05) is 12.7 Å². The summed E-state index contributed by atoms with van der Waals surface area (Å²) in [5.41, 5.74) is 0.218. The van der Waals surface area contributed by atoms with Gasteiger partial charge in [-0.05, 0) is 11.6 Å². The van der Waals surface area contributed by atoms with Crippen molar-refractivity contribution in [3.63, 3.8) is 0 Å². The monoisotopic (exact) mass is 309 g/mol. The molecule has 0 radical (unpaired) electrons. The molecule has 0 unspecified atom stereocenters. The highest BCUT2D eigenvalue weighted by Gasteiger charge is 2.40. The molecule has 0 aliphatic carbocycles. The maximum atomic E-state index is 12.5. The molecule has 1 rings (SSSR count). The van der Waals surface area contributed by atoms with Crippen molar-refractivity contribution in [3.8, 4) is 0 Å². The summed E-state index contributed by atoms with van der Waals surface area (Å²) in [7, 11) is 0. The number of carboxylic acid groups (broad SMARTS) is 1. The van der Waals surface area contributed by atoms with Gasteiger partial charge in [0.1, 0.15) is 5.69 Å². The summed E-state index contributed by atoms with van der Waals surface area (Å²) in [4.78, 5) is 25.3. The molecule has 0 saturated heterocycles. The molecule has 0 spiro atoms. The number of carbonyl (C=O) groups excluding carboxylic acids is 1. The Hall–Kier alpha value is -2.39. The van der Waals surface area contributed by atoms with Crippen LogP contribution in [0, 0.1) is 0 Å². The van der Waals surface area contributed by atoms with Crippen LogP contribution < -0.4 is 10.6 Å². The number of aromatic carboxylic acids is 1. The number of carboxylic acids is 1. The molecule has 1 aromatic heterocycles. The zero-order chi connectivity index (χ0) is 16.0. The SMILES string of the molecule is O=C(NCc1ccc(C(=O)O)nc1)NCC(F)(F)C(F)F. The Morgan fingerprint density at radius 1 is 1.29 bits per heavy atom. The fraction of sp³-hybridized carbons (Fsp3) is 0.364. The van der Waals surface area contributed by atoms with Gasteiger partial charge in [-0.1, -0.05) is 6.07 Å². The van der Waals surface area contributed by atoms with Crippen LogP contribution in [0.5, 0.6) is 0 Å². The minimum Gasteiger partial charge on any atom is -0.477 e. The van der Waals surface area contributed by atoms with E-state index in [0.717, 1.165) is 0 Å². The smallest absolute Gasteiger partial charge is 0.354 e. The summed E-state index contributed by atoms with van der Waals surface area (Å²) in [6.07, 6.45) is -2.69. The molecule has 6 nitrogen and oxygen atoms in total. The first kappa shape index (κ1) is 16.7. The lowest BCUT2D eigenvalue weighted by Gasteiger charge is -2.16. The van der Waals surface area contributed by atoms with Crippen molar-refractivity contribution in [2.75, 3.05) is 6.54 Å². The predicted octanol–water partition coefficient (Wildman–Crippen LogP) is 1.48. The first-order valence-electron chi connectivity index (χ1n) is 5.58. The lowest BCUT2D eigenvalue weighted by atomic mass is 10.2. The Morgan fingerprint density at radius 3 is 2.43 bits per heavy atom. The molecule has 0 aliphatic heterocycles. The Bertz CT molecular complexity index is 508. The molecule has 0 aromatic carbocycles. The minimum absolute atomic E-state index is 0.126. The standard InChI is InChI=1S/C11H11F4N3O3/c12-9(13)11(14,15)5-18-10(21)17-4-6-1-2-7(8(19)20)16-3-6/h1-3,9H,4-5H2,(H,19,20)(H2,17,18,21). The number of alkyl halides is 4. The number of amides is 2. The molecule has 0 atom stereocenters. The third-order valence-electron chi connectivity index (χ3n) is 2.30. The van der Waals surface area contributed by atoms with Crippen LogP contribution in [0.4, 0.5) is 22.4 Å². The van der Waals surface area contributed by atoms with Gasteiger partial charge >= 0.3 is 24.3 Å². The van der Waals surface area contributed by atoms with Gasteiger partial charge in [0.05, 0.1) is 6.54 Å². The van der Waals surface area contributed by atoms with Crippen molar-refractivity contribution in [1.82, 2.24) is 15.6 Å². The second-order valence-electron chi connectivity index (χ2n) is 3.95. The molecule has 1 aromatic rings. The first-order valence-corrected chi connectivity index (χ1v) is 5.58. The Kier molecular flexibility index (Phi) is 5.44. The van der Waals surface area contributed by atoms with Gasteiger partial charge in [0.2, 0.25) is 0 Å². The summed E-state index contributed by atoms with van der Waals surface area (Å²) < 4.78 is 48.7. The summed E-state index contributed by atoms with van der Waals surface area (Å²) in [5.74, 6) is -5.52. The lowest BCUT2D eigenvalue weighted by molar-refractivity contribution is -0.123. The van der Waals surface area contributed by atoms with Gasteiger partial charge in [0.25, 0.3) is 0 Å². The third kappa shape index (κ3) is 5.24. The molecular weight excluding hydrogens is 298 g/mol. The average molecular weight is 309 g/mol. The Balaban J connectivity index is 2.41. The van der Waals surface area contributed by atoms with Crippen LogP contribution in [0.2, 0.25) is 0 Å². The van der Waals surface area contributed by atoms with Crippen LogP contribution in [-0.4, -0.2) is 41.0 Å². The van der Waals surface area contributed by atoms with Crippen molar-refractivity contribution < 1.29 is 32.3 Å². The maximum Gasteiger partial charge on any atom is 0.354 e. The van der Waals surface area contributed by atoms with Gasteiger partial charge in [-0.2, -0.15) is 8.78 Å². The average Bonchev–Trinajstić information content (AvgIpc) is 2.43. The maximum absolute atomic E-state index is 12.5. The summed E-state index contributed by atoms with van der Waals surface area (Å²) in [6, 6.07) is 1.50. The number of pyridine rings is 1. The van der Waals surface area contributed by atoms with Crippen LogP contribution in [0.25, 0.3) is 0 Å². The summed E-state index contributed by atoms with van der Waals surface area (Å²) in [6.45, 7) is -1.62. The molecule has 0 saturated carbocycles. The van der Waals surface area contributed by atoms with Gasteiger partial charge in [-0.15, -0.1) is 0 Å². The summed E-state index contributed by atoms with van der Waals surface area (Å²) >= 11 is 0. The van der Waals surface area contributed by atoms with Crippen molar-refractivity contribution in [1.29, 1.82) is 0 Å². The highest BCUT2D eigenvalue weighted by atomic mass is 19.3. The number of hydrogen-bond donors (Lipinski definition) is 3. The number of urea groups is 1. The first-order chi connectivity index (χ1) is 9.72. The quantitative estimate of drug-likeness (QED) is 0.694. The van der Waals surface area contributed by atoms with E-state index in [1.807, 2.05) is 0 Å². The second-order valence-corrected chi connectivity index (χ2v) is 3.95. The Labute approximate surface area is 116 Å². The van der Waals surface area contributed by atoms with E-state index in [1.165, 1.54) is 18.3 Å². The van der Waals surface area contributed by atoms with E-state index in [2.05, 4.69) is 10.3 Å². The van der Waals surface area contributed by atoms with Crippen LogP contribution in [0.3, 0.4) is 0 Å². The number of carbonyl (C=O) groups is 2. The highest BCUT2D eigenvalue weighted by Crippen LogP contribution is 2.21. The molecule has 3 N–H and O–H groups in total.